The molecule has 2 unspecified atom stereocenters. The van der Waals surface area contributed by atoms with Crippen LogP contribution < -0.4 is 16.2 Å². The highest BCUT2D eigenvalue weighted by Crippen LogP contribution is 2.19. The van der Waals surface area contributed by atoms with Gasteiger partial charge >= 0.3 is 0 Å². The summed E-state index contributed by atoms with van der Waals surface area (Å²) in [5, 5.41) is 3.01. The topological polar surface area (TPSA) is 53.2 Å². The first-order chi connectivity index (χ1) is 9.11. The van der Waals surface area contributed by atoms with Crippen LogP contribution in [0.15, 0.2) is 18.2 Å². The van der Waals surface area contributed by atoms with Gasteiger partial charge in [-0.15, -0.1) is 0 Å². The van der Waals surface area contributed by atoms with Crippen LogP contribution in [0.3, 0.4) is 0 Å². The number of amides is 1. The van der Waals surface area contributed by atoms with Crippen LogP contribution in [0.25, 0.3) is 0 Å². The normalized spacial score (nSPS) is 22.5. The number of carbonyl (C=O) groups is 1. The largest absolute Gasteiger partial charge is 0.324 e. The van der Waals surface area contributed by atoms with Gasteiger partial charge in [-0.25, -0.2) is 5.43 Å². The lowest BCUT2D eigenvalue weighted by Gasteiger charge is -2.13. The third-order valence-corrected chi connectivity index (χ3v) is 3.80. The summed E-state index contributed by atoms with van der Waals surface area (Å²) in [4.78, 5) is 12.2. The number of aryl methyl sites for hydroxylation is 1. The zero-order valence-electron chi connectivity index (χ0n) is 11.9. The highest BCUT2D eigenvalue weighted by atomic mass is 16.2. The molecule has 0 spiro atoms. The van der Waals surface area contributed by atoms with Crippen LogP contribution in [0.4, 0.5) is 5.69 Å². The van der Waals surface area contributed by atoms with Gasteiger partial charge in [0.1, 0.15) is 6.04 Å². The number of benzene rings is 1. The summed E-state index contributed by atoms with van der Waals surface area (Å²) in [5.74, 6) is 0.0415. The summed E-state index contributed by atoms with van der Waals surface area (Å²) in [7, 11) is 0. The van der Waals surface area contributed by atoms with Gasteiger partial charge in [-0.05, 0) is 43.9 Å². The molecule has 19 heavy (non-hydrogen) atoms. The molecule has 1 aromatic rings. The Morgan fingerprint density at radius 3 is 2.89 bits per heavy atom. The molecule has 0 aliphatic carbocycles. The van der Waals surface area contributed by atoms with E-state index in [2.05, 4.69) is 36.1 Å². The first-order valence-corrected chi connectivity index (χ1v) is 7.00. The summed E-state index contributed by atoms with van der Waals surface area (Å²) >= 11 is 0. The fourth-order valence-corrected chi connectivity index (χ4v) is 2.44. The van der Waals surface area contributed by atoms with Gasteiger partial charge in [-0.2, -0.15) is 0 Å². The van der Waals surface area contributed by atoms with Crippen LogP contribution >= 0.6 is 0 Å². The second kappa shape index (κ2) is 6.17. The monoisotopic (exact) mass is 261 g/mol. The van der Waals surface area contributed by atoms with Crippen molar-refractivity contribution in [1.29, 1.82) is 0 Å². The number of nitrogens with one attached hydrogen (secondary N) is 3. The van der Waals surface area contributed by atoms with Gasteiger partial charge in [0.25, 0.3) is 0 Å². The lowest BCUT2D eigenvalue weighted by atomic mass is 10.0. The SMILES string of the molecule is CCCC1CC(C(=O)Nc2cccc(C)c2C)NN1. The van der Waals surface area contributed by atoms with Gasteiger partial charge in [0, 0.05) is 11.7 Å². The Labute approximate surface area is 114 Å². The summed E-state index contributed by atoms with van der Waals surface area (Å²) in [6.07, 6.45) is 3.08. The van der Waals surface area contributed by atoms with E-state index in [4.69, 9.17) is 0 Å². The number of rotatable bonds is 4. The summed E-state index contributed by atoms with van der Waals surface area (Å²) in [5.41, 5.74) is 9.51. The van der Waals surface area contributed by atoms with Gasteiger partial charge in [-0.3, -0.25) is 10.2 Å². The van der Waals surface area contributed by atoms with Crippen molar-refractivity contribution in [1.82, 2.24) is 10.9 Å². The molecule has 104 valence electrons. The Hall–Kier alpha value is -1.39. The second-order valence-corrected chi connectivity index (χ2v) is 5.30. The van der Waals surface area contributed by atoms with Crippen molar-refractivity contribution in [2.75, 3.05) is 5.32 Å². The van der Waals surface area contributed by atoms with Crippen LogP contribution in [0, 0.1) is 13.8 Å². The molecule has 2 rings (SSSR count). The quantitative estimate of drug-likeness (QED) is 0.779. The molecule has 2 atom stereocenters. The highest BCUT2D eigenvalue weighted by molar-refractivity contribution is 5.95. The number of carbonyl (C=O) groups excluding carboxylic acids is 1. The minimum absolute atomic E-state index is 0.0415. The fraction of sp³-hybridized carbons (Fsp3) is 0.533. The molecule has 1 fully saturated rings. The van der Waals surface area contributed by atoms with Crippen molar-refractivity contribution in [2.45, 2.75) is 52.1 Å². The molecule has 1 aliphatic heterocycles. The molecule has 4 heteroatoms. The van der Waals surface area contributed by atoms with Crippen LogP contribution in [0.5, 0.6) is 0 Å². The van der Waals surface area contributed by atoms with Gasteiger partial charge in [0.05, 0.1) is 0 Å². The Bertz CT molecular complexity index is 459. The Balaban J connectivity index is 1.96. The number of anilines is 1. The highest BCUT2D eigenvalue weighted by Gasteiger charge is 2.28. The van der Waals surface area contributed by atoms with Crippen LogP contribution in [-0.2, 0) is 4.79 Å². The molecule has 1 aliphatic rings. The Morgan fingerprint density at radius 2 is 2.16 bits per heavy atom. The lowest BCUT2D eigenvalue weighted by Crippen LogP contribution is -2.40. The van der Waals surface area contributed by atoms with Crippen molar-refractivity contribution in [3.05, 3.63) is 29.3 Å². The maximum absolute atomic E-state index is 12.2. The van der Waals surface area contributed by atoms with Gasteiger partial charge < -0.3 is 5.32 Å². The third-order valence-electron chi connectivity index (χ3n) is 3.80. The molecule has 3 N–H and O–H groups in total. The molecule has 4 nitrogen and oxygen atoms in total. The van der Waals surface area contributed by atoms with E-state index < -0.39 is 0 Å². The molecule has 1 saturated heterocycles. The van der Waals surface area contributed by atoms with Gasteiger partial charge in [0.15, 0.2) is 0 Å². The van der Waals surface area contributed by atoms with E-state index in [0.717, 1.165) is 30.5 Å². The molecule has 0 radical (unpaired) electrons. The maximum atomic E-state index is 12.2. The summed E-state index contributed by atoms with van der Waals surface area (Å²) < 4.78 is 0. The van der Waals surface area contributed by atoms with Crippen LogP contribution in [0.2, 0.25) is 0 Å². The standard InChI is InChI=1S/C15H23N3O/c1-4-6-12-9-14(18-17-12)15(19)16-13-8-5-7-10(2)11(13)3/h5,7-8,12,14,17-18H,4,6,9H2,1-3H3,(H,16,19). The van der Waals surface area contributed by atoms with E-state index in [1.54, 1.807) is 0 Å². The van der Waals surface area contributed by atoms with E-state index in [9.17, 15) is 4.79 Å². The molecule has 0 bridgehead atoms. The van der Waals surface area contributed by atoms with Crippen molar-refractivity contribution in [3.63, 3.8) is 0 Å². The zero-order chi connectivity index (χ0) is 13.8. The second-order valence-electron chi connectivity index (χ2n) is 5.30. The van der Waals surface area contributed by atoms with Crippen molar-refractivity contribution in [2.24, 2.45) is 0 Å². The van der Waals surface area contributed by atoms with Crippen molar-refractivity contribution < 1.29 is 4.79 Å². The van der Waals surface area contributed by atoms with Crippen molar-refractivity contribution in [3.8, 4) is 0 Å². The summed E-state index contributed by atoms with van der Waals surface area (Å²) in [6.45, 7) is 6.24. The third kappa shape index (κ3) is 3.33. The molecular formula is C15H23N3O. The first kappa shape index (κ1) is 14.0. The molecule has 0 saturated carbocycles. The predicted octanol–water partition coefficient (Wildman–Crippen LogP) is 2.28. The average Bonchev–Trinajstić information content (AvgIpc) is 2.84. The minimum Gasteiger partial charge on any atom is -0.324 e. The Kier molecular flexibility index (Phi) is 4.56. The van der Waals surface area contributed by atoms with Gasteiger partial charge in [-0.1, -0.05) is 25.5 Å². The van der Waals surface area contributed by atoms with E-state index in [-0.39, 0.29) is 11.9 Å². The maximum Gasteiger partial charge on any atom is 0.242 e. The van der Waals surface area contributed by atoms with E-state index >= 15 is 0 Å². The molecule has 1 aromatic carbocycles. The number of hydrogen-bond acceptors (Lipinski definition) is 3. The van der Waals surface area contributed by atoms with Crippen LogP contribution in [-0.4, -0.2) is 18.0 Å². The smallest absolute Gasteiger partial charge is 0.242 e. The average molecular weight is 261 g/mol. The molecular weight excluding hydrogens is 238 g/mol. The van der Waals surface area contributed by atoms with E-state index in [1.807, 2.05) is 19.1 Å². The predicted molar refractivity (Wildman–Crippen MR) is 77.9 cm³/mol. The lowest BCUT2D eigenvalue weighted by molar-refractivity contribution is -0.117. The Morgan fingerprint density at radius 1 is 1.37 bits per heavy atom. The summed E-state index contributed by atoms with van der Waals surface area (Å²) in [6, 6.07) is 6.23. The number of hydrogen-bond donors (Lipinski definition) is 3. The van der Waals surface area contributed by atoms with E-state index in [0.29, 0.717) is 6.04 Å². The molecule has 1 amide bonds. The van der Waals surface area contributed by atoms with Gasteiger partial charge in [0.2, 0.25) is 5.91 Å². The number of hydrazine groups is 1. The van der Waals surface area contributed by atoms with Crippen LogP contribution in [0.1, 0.15) is 37.3 Å². The van der Waals surface area contributed by atoms with Crippen molar-refractivity contribution >= 4 is 11.6 Å². The molecule has 1 heterocycles. The fourth-order valence-electron chi connectivity index (χ4n) is 2.44. The minimum atomic E-state index is -0.142. The molecule has 0 aromatic heterocycles. The zero-order valence-corrected chi connectivity index (χ0v) is 11.9. The van der Waals surface area contributed by atoms with E-state index in [1.165, 1.54) is 5.56 Å². The first-order valence-electron chi connectivity index (χ1n) is 7.00.